The third-order valence-electron chi connectivity index (χ3n) is 5.87. The highest BCUT2D eigenvalue weighted by Gasteiger charge is 2.54. The Balaban J connectivity index is 1.59. The van der Waals surface area contributed by atoms with Crippen LogP contribution in [-0.4, -0.2) is 67.3 Å². The first-order chi connectivity index (χ1) is 18.1. The Morgan fingerprint density at radius 2 is 1.89 bits per heavy atom. The molecule has 13 heteroatoms. The van der Waals surface area contributed by atoms with Crippen LogP contribution in [0.15, 0.2) is 47.1 Å². The van der Waals surface area contributed by atoms with Crippen molar-refractivity contribution in [1.29, 1.82) is 0 Å². The van der Waals surface area contributed by atoms with E-state index in [-0.39, 0.29) is 21.1 Å². The number of aromatic hydroxyl groups is 2. The third kappa shape index (κ3) is 5.62. The summed E-state index contributed by atoms with van der Waals surface area (Å²) in [6, 6.07) is 9.32. The minimum absolute atomic E-state index is 0.0122. The van der Waals surface area contributed by atoms with Crippen LogP contribution in [0.1, 0.15) is 23.6 Å². The van der Waals surface area contributed by atoms with Crippen LogP contribution in [0.4, 0.5) is 10.5 Å². The van der Waals surface area contributed by atoms with E-state index in [1.54, 1.807) is 48.0 Å². The van der Waals surface area contributed by atoms with Crippen molar-refractivity contribution in [2.45, 2.75) is 24.9 Å². The molecule has 2 atom stereocenters. The second kappa shape index (κ2) is 11.4. The number of fused-ring (bicyclic) bond motifs is 1. The number of thioether (sulfide) groups is 1. The van der Waals surface area contributed by atoms with Gasteiger partial charge in [0.2, 0.25) is 0 Å². The summed E-state index contributed by atoms with van der Waals surface area (Å²) in [6.45, 7) is 1.49. The van der Waals surface area contributed by atoms with Gasteiger partial charge < -0.3 is 25.6 Å². The number of β-lactam (4-membered cyclic amide) rings is 1. The van der Waals surface area contributed by atoms with E-state index < -0.39 is 29.3 Å². The fourth-order valence-electron chi connectivity index (χ4n) is 4.14. The van der Waals surface area contributed by atoms with Gasteiger partial charge >= 0.3 is 11.9 Å². The van der Waals surface area contributed by atoms with Crippen LogP contribution >= 0.6 is 34.4 Å². The topological polar surface area (TPSA) is 158 Å². The van der Waals surface area contributed by atoms with Crippen molar-refractivity contribution in [3.8, 4) is 11.5 Å². The molecule has 1 saturated heterocycles. The number of carbonyl (C=O) groups is 4. The lowest BCUT2D eigenvalue weighted by Gasteiger charge is -2.49. The van der Waals surface area contributed by atoms with E-state index in [4.69, 9.17) is 4.74 Å². The van der Waals surface area contributed by atoms with Gasteiger partial charge in [0.15, 0.2) is 11.5 Å². The van der Waals surface area contributed by atoms with Gasteiger partial charge in [-0.15, -0.1) is 11.8 Å². The largest absolute Gasteiger partial charge is 0.504 e. The Kier molecular flexibility index (Phi) is 8.26. The molecule has 0 spiro atoms. The average molecular weight is 650 g/mol. The molecule has 0 unspecified atom stereocenters. The molecule has 2 aromatic rings. The van der Waals surface area contributed by atoms with Gasteiger partial charge in [-0.1, -0.05) is 24.3 Å². The summed E-state index contributed by atoms with van der Waals surface area (Å²) >= 11 is 2.94. The molecule has 38 heavy (non-hydrogen) atoms. The summed E-state index contributed by atoms with van der Waals surface area (Å²) < 4.78 is 4.45. The van der Waals surface area contributed by atoms with Crippen molar-refractivity contribution in [2.75, 3.05) is 18.1 Å². The first-order valence-corrected chi connectivity index (χ1v) is 13.4. The number of phenols is 2. The van der Waals surface area contributed by atoms with Crippen LogP contribution in [0.2, 0.25) is 0 Å². The summed E-state index contributed by atoms with van der Waals surface area (Å²) in [4.78, 5) is 53.9. The van der Waals surface area contributed by atoms with E-state index in [9.17, 15) is 29.4 Å². The van der Waals surface area contributed by atoms with Crippen molar-refractivity contribution in [3.63, 3.8) is 0 Å². The number of anilines is 1. The molecular weight excluding hydrogens is 627 g/mol. The molecule has 11 nitrogen and oxygen atoms in total. The first-order valence-electron chi connectivity index (χ1n) is 11.3. The number of rotatable bonds is 7. The van der Waals surface area contributed by atoms with Gasteiger partial charge in [-0.3, -0.25) is 24.3 Å². The molecule has 4 N–H and O–H groups in total. The number of benzene rings is 2. The number of hydrogen-bond acceptors (Lipinski definition) is 10. The van der Waals surface area contributed by atoms with Gasteiger partial charge in [0.25, 0.3) is 9.82 Å². The Morgan fingerprint density at radius 1 is 1.21 bits per heavy atom. The second-order valence-electron chi connectivity index (χ2n) is 8.38. The zero-order valence-corrected chi connectivity index (χ0v) is 23.2. The number of hydrogen-bond donors (Lipinski definition) is 4. The van der Waals surface area contributed by atoms with E-state index >= 15 is 0 Å². The standard InChI is InChI=1S/C25H23IN4O7S/c1-12(31)37-24(35)21-16(11-38-23-20(29-25(26)36)22(34)30(21)23)14-5-3-13(4-6-14)9-28-17-8-19(33)18(32)7-15(17)10-27-2/h3-8,10,20,23,28,32-33H,9,11H2,1-2H3,(H,29,36)/t20-,23-/m1/s1. The Morgan fingerprint density at radius 3 is 2.53 bits per heavy atom. The molecule has 2 aliphatic rings. The normalized spacial score (nSPS) is 18.6. The van der Waals surface area contributed by atoms with Gasteiger partial charge in [-0.2, -0.15) is 0 Å². The number of amides is 2. The van der Waals surface area contributed by atoms with E-state index in [0.29, 0.717) is 34.7 Å². The maximum atomic E-state index is 12.9. The van der Waals surface area contributed by atoms with Gasteiger partial charge in [-0.25, -0.2) is 4.79 Å². The minimum atomic E-state index is -0.923. The van der Waals surface area contributed by atoms with Crippen molar-refractivity contribution in [2.24, 2.45) is 4.99 Å². The SMILES string of the molecule is CN=Cc1cc(O)c(O)cc1NCc1ccc(C2=C(C(=O)OC(C)=O)N3C(=O)[C@@H](NC(=O)I)[C@H]3SC2)cc1. The van der Waals surface area contributed by atoms with Crippen LogP contribution in [-0.2, 0) is 25.7 Å². The van der Waals surface area contributed by atoms with Crippen molar-refractivity contribution >= 4 is 73.6 Å². The van der Waals surface area contributed by atoms with E-state index in [2.05, 4.69) is 15.6 Å². The Bertz CT molecular complexity index is 1380. The van der Waals surface area contributed by atoms with Crippen molar-refractivity contribution < 1.29 is 34.1 Å². The zero-order chi connectivity index (χ0) is 27.6. The fourth-order valence-corrected chi connectivity index (χ4v) is 5.86. The number of halogens is 1. The van der Waals surface area contributed by atoms with E-state index in [0.717, 1.165) is 12.5 Å². The lowest BCUT2D eigenvalue weighted by molar-refractivity contribution is -0.159. The molecule has 1 fully saturated rings. The monoisotopic (exact) mass is 650 g/mol. The second-order valence-corrected chi connectivity index (χ2v) is 10.5. The lowest BCUT2D eigenvalue weighted by Crippen LogP contribution is -2.70. The van der Waals surface area contributed by atoms with Crippen LogP contribution in [0.25, 0.3) is 5.57 Å². The van der Waals surface area contributed by atoms with Crippen molar-refractivity contribution in [3.05, 3.63) is 58.8 Å². The number of carbonyl (C=O) groups excluding carboxylic acids is 4. The molecule has 0 aromatic heterocycles. The molecule has 2 amide bonds. The smallest absolute Gasteiger partial charge is 0.363 e. The summed E-state index contributed by atoms with van der Waals surface area (Å²) in [5.41, 5.74) is 3.25. The number of nitrogens with zero attached hydrogens (tertiary/aromatic N) is 2. The molecule has 0 saturated carbocycles. The molecule has 2 aromatic carbocycles. The van der Waals surface area contributed by atoms with Gasteiger partial charge in [0, 0.05) is 78.0 Å². The van der Waals surface area contributed by atoms with E-state index in [1.165, 1.54) is 28.8 Å². The lowest BCUT2D eigenvalue weighted by atomic mass is 9.98. The first kappa shape index (κ1) is 27.4. The Labute approximate surface area is 235 Å². The number of phenolic OH excluding ortho intramolecular Hbond substituents is 2. The molecule has 4 rings (SSSR count). The maximum absolute atomic E-state index is 12.9. The third-order valence-corrected chi connectivity index (χ3v) is 7.46. The molecule has 2 heterocycles. The maximum Gasteiger partial charge on any atom is 0.363 e. The summed E-state index contributed by atoms with van der Waals surface area (Å²) in [5, 5.41) is 24.9. The molecule has 0 bridgehead atoms. The van der Waals surface area contributed by atoms with Gasteiger partial charge in [0.05, 0.1) is 0 Å². The number of nitrogens with one attached hydrogen (secondary N) is 2. The summed E-state index contributed by atoms with van der Waals surface area (Å²) in [6.07, 6.45) is 1.56. The summed E-state index contributed by atoms with van der Waals surface area (Å²) in [7, 11) is 1.60. The number of ether oxygens (including phenoxy) is 1. The van der Waals surface area contributed by atoms with E-state index in [1.807, 2.05) is 12.1 Å². The highest BCUT2D eigenvalue weighted by molar-refractivity contribution is 14.1. The Hall–Kier alpha value is -3.59. The molecule has 0 aliphatic carbocycles. The fraction of sp³-hybridized carbons (Fsp3) is 0.240. The van der Waals surface area contributed by atoms with Crippen LogP contribution in [0, 0.1) is 0 Å². The van der Waals surface area contributed by atoms with Crippen LogP contribution in [0.3, 0.4) is 0 Å². The summed E-state index contributed by atoms with van der Waals surface area (Å²) in [5.74, 6) is -2.33. The number of esters is 2. The van der Waals surface area contributed by atoms with Gasteiger partial charge in [0.1, 0.15) is 17.1 Å². The minimum Gasteiger partial charge on any atom is -0.504 e. The van der Waals surface area contributed by atoms with Gasteiger partial charge in [-0.05, 0) is 17.2 Å². The highest BCUT2D eigenvalue weighted by Crippen LogP contribution is 2.43. The number of aliphatic imine (C=N–C) groups is 1. The predicted molar refractivity (Wildman–Crippen MR) is 150 cm³/mol. The van der Waals surface area contributed by atoms with Crippen molar-refractivity contribution in [1.82, 2.24) is 10.2 Å². The molecular formula is C25H23IN4O7S. The predicted octanol–water partition coefficient (Wildman–Crippen LogP) is 2.99. The molecule has 2 aliphatic heterocycles. The molecule has 0 radical (unpaired) electrons. The van der Waals surface area contributed by atoms with Crippen LogP contribution < -0.4 is 10.6 Å². The molecule has 198 valence electrons. The van der Waals surface area contributed by atoms with Crippen LogP contribution in [0.5, 0.6) is 11.5 Å². The zero-order valence-electron chi connectivity index (χ0n) is 20.2. The average Bonchev–Trinajstić information content (AvgIpc) is 2.87. The highest BCUT2D eigenvalue weighted by atomic mass is 127. The quantitative estimate of drug-likeness (QED) is 0.0407.